The molecule has 0 spiro atoms. The number of rotatable bonds is 18. The molecule has 2 N–H and O–H groups in total. The summed E-state index contributed by atoms with van der Waals surface area (Å²) in [6.45, 7) is 15.2. The van der Waals surface area contributed by atoms with Crippen LogP contribution >= 0.6 is 0 Å². The molecule has 26 heavy (non-hydrogen) atoms. The maximum absolute atomic E-state index is 6.33. The summed E-state index contributed by atoms with van der Waals surface area (Å²) in [6.07, 6.45) is 7.25. The van der Waals surface area contributed by atoms with Crippen molar-refractivity contribution >= 4 is 0 Å². The Morgan fingerprint density at radius 3 is 1.77 bits per heavy atom. The second-order valence-electron chi connectivity index (χ2n) is 7.80. The van der Waals surface area contributed by atoms with Gasteiger partial charge in [0.2, 0.25) is 0 Å². The first-order valence-corrected chi connectivity index (χ1v) is 10.6. The number of hydrogen-bond donors (Lipinski definition) is 1. The van der Waals surface area contributed by atoms with Crippen LogP contribution in [0.5, 0.6) is 0 Å². The molecule has 0 aromatic carbocycles. The van der Waals surface area contributed by atoms with E-state index in [0.717, 1.165) is 38.5 Å². The highest BCUT2D eigenvalue weighted by Gasteiger charge is 2.34. The fourth-order valence-electron chi connectivity index (χ4n) is 2.93. The zero-order valence-electron chi connectivity index (χ0n) is 18.2. The van der Waals surface area contributed by atoms with Crippen LogP contribution in [0.3, 0.4) is 0 Å². The third kappa shape index (κ3) is 12.2. The summed E-state index contributed by atoms with van der Waals surface area (Å²) in [5.74, 6) is 0. The zero-order chi connectivity index (χ0) is 19.8. The van der Waals surface area contributed by atoms with Gasteiger partial charge in [0.1, 0.15) is 0 Å². The summed E-state index contributed by atoms with van der Waals surface area (Å²) >= 11 is 0. The molecule has 0 radical (unpaired) electrons. The van der Waals surface area contributed by atoms with E-state index >= 15 is 0 Å². The van der Waals surface area contributed by atoms with Gasteiger partial charge >= 0.3 is 0 Å². The molecule has 0 aliphatic rings. The van der Waals surface area contributed by atoms with Crippen LogP contribution in [-0.4, -0.2) is 51.5 Å². The van der Waals surface area contributed by atoms with Gasteiger partial charge in [-0.1, -0.05) is 40.0 Å². The van der Waals surface area contributed by atoms with Crippen LogP contribution in [0.2, 0.25) is 0 Å². The Morgan fingerprint density at radius 2 is 1.27 bits per heavy atom. The van der Waals surface area contributed by atoms with Gasteiger partial charge < -0.3 is 24.7 Å². The molecule has 0 aliphatic heterocycles. The molecular formula is C21H45NO4. The van der Waals surface area contributed by atoms with Gasteiger partial charge in [-0.25, -0.2) is 0 Å². The van der Waals surface area contributed by atoms with E-state index in [1.165, 1.54) is 0 Å². The van der Waals surface area contributed by atoms with Crippen molar-refractivity contribution in [3.8, 4) is 0 Å². The summed E-state index contributed by atoms with van der Waals surface area (Å²) in [7, 11) is 0. The van der Waals surface area contributed by atoms with Gasteiger partial charge in [0.05, 0.1) is 56.9 Å². The average Bonchev–Trinajstić information content (AvgIpc) is 2.61. The molecule has 0 fully saturated rings. The number of nitrogens with two attached hydrogens (primary N) is 1. The first-order valence-electron chi connectivity index (χ1n) is 10.6. The van der Waals surface area contributed by atoms with Crippen molar-refractivity contribution in [2.45, 2.75) is 98.4 Å². The van der Waals surface area contributed by atoms with Crippen LogP contribution in [-0.2, 0) is 18.9 Å². The zero-order valence-corrected chi connectivity index (χ0v) is 18.2. The van der Waals surface area contributed by atoms with E-state index < -0.39 is 0 Å². The monoisotopic (exact) mass is 375 g/mol. The van der Waals surface area contributed by atoms with Crippen LogP contribution in [0.25, 0.3) is 0 Å². The van der Waals surface area contributed by atoms with Crippen LogP contribution in [0.15, 0.2) is 0 Å². The first-order chi connectivity index (χ1) is 12.4. The molecule has 0 saturated carbocycles. The Balaban J connectivity index is 5.06. The van der Waals surface area contributed by atoms with E-state index in [-0.39, 0.29) is 30.5 Å². The van der Waals surface area contributed by atoms with Crippen molar-refractivity contribution in [1.82, 2.24) is 0 Å². The molecule has 0 heterocycles. The van der Waals surface area contributed by atoms with E-state index in [4.69, 9.17) is 24.7 Å². The van der Waals surface area contributed by atoms with Crippen molar-refractivity contribution in [2.75, 3.05) is 33.2 Å². The van der Waals surface area contributed by atoms with E-state index in [1.807, 2.05) is 13.8 Å². The molecule has 0 bridgehead atoms. The largest absolute Gasteiger partial charge is 0.378 e. The summed E-state index contributed by atoms with van der Waals surface area (Å²) in [5.41, 5.74) is 5.27. The van der Waals surface area contributed by atoms with Crippen LogP contribution in [0, 0.1) is 5.41 Å². The van der Waals surface area contributed by atoms with Gasteiger partial charge in [-0.15, -0.1) is 0 Å². The van der Waals surface area contributed by atoms with Gasteiger partial charge in [0, 0.05) is 0 Å². The Morgan fingerprint density at radius 1 is 0.731 bits per heavy atom. The number of hydrogen-bond acceptors (Lipinski definition) is 5. The van der Waals surface area contributed by atoms with Gasteiger partial charge in [0.15, 0.2) is 0 Å². The normalized spacial score (nSPS) is 15.6. The average molecular weight is 376 g/mol. The lowest BCUT2D eigenvalue weighted by Gasteiger charge is -2.35. The molecule has 2 atom stereocenters. The van der Waals surface area contributed by atoms with Crippen molar-refractivity contribution < 1.29 is 18.9 Å². The second kappa shape index (κ2) is 15.8. The minimum absolute atomic E-state index is 0.155. The highest BCUT2D eigenvalue weighted by Crippen LogP contribution is 2.24. The van der Waals surface area contributed by atoms with Crippen LogP contribution in [0.1, 0.15) is 80.1 Å². The summed E-state index contributed by atoms with van der Waals surface area (Å²) in [4.78, 5) is 0. The molecule has 0 aromatic rings. The van der Waals surface area contributed by atoms with E-state index in [9.17, 15) is 0 Å². The SMILES string of the molecule is CCCC(C)OCC(COCN)(COC(C)C)COC(CCC)CCC. The highest BCUT2D eigenvalue weighted by atomic mass is 16.5. The molecule has 0 amide bonds. The third-order valence-corrected chi connectivity index (χ3v) is 4.46. The van der Waals surface area contributed by atoms with Gasteiger partial charge in [-0.3, -0.25) is 0 Å². The lowest BCUT2D eigenvalue weighted by Crippen LogP contribution is -2.44. The summed E-state index contributed by atoms with van der Waals surface area (Å²) in [5, 5.41) is 0. The predicted octanol–water partition coefficient (Wildman–Crippen LogP) is 4.52. The topological polar surface area (TPSA) is 62.9 Å². The Kier molecular flexibility index (Phi) is 15.7. The summed E-state index contributed by atoms with van der Waals surface area (Å²) in [6, 6.07) is 0. The Labute approximate surface area is 162 Å². The van der Waals surface area contributed by atoms with Crippen molar-refractivity contribution in [3.63, 3.8) is 0 Å². The van der Waals surface area contributed by atoms with E-state index in [2.05, 4.69) is 27.7 Å². The van der Waals surface area contributed by atoms with Crippen molar-refractivity contribution in [1.29, 1.82) is 0 Å². The maximum Gasteiger partial charge on any atom is 0.0940 e. The van der Waals surface area contributed by atoms with Gasteiger partial charge in [-0.05, 0) is 40.0 Å². The third-order valence-electron chi connectivity index (χ3n) is 4.46. The van der Waals surface area contributed by atoms with E-state index in [0.29, 0.717) is 26.4 Å². The Bertz CT molecular complexity index is 308. The minimum atomic E-state index is -0.328. The molecule has 0 aliphatic carbocycles. The minimum Gasteiger partial charge on any atom is -0.378 e. The standard InChI is InChI=1S/C21H45NO4/c1-7-10-19(6)25-15-21(13-23-17-22,14-24-18(4)5)16-26-20(11-8-2)12-9-3/h18-20H,7-17,22H2,1-6H3. The molecule has 2 unspecified atom stereocenters. The van der Waals surface area contributed by atoms with Crippen LogP contribution < -0.4 is 5.73 Å². The first kappa shape index (κ1) is 25.8. The number of ether oxygens (including phenoxy) is 4. The smallest absolute Gasteiger partial charge is 0.0940 e. The molecule has 158 valence electrons. The fourth-order valence-corrected chi connectivity index (χ4v) is 2.93. The predicted molar refractivity (Wildman–Crippen MR) is 108 cm³/mol. The molecular weight excluding hydrogens is 330 g/mol. The summed E-state index contributed by atoms with van der Waals surface area (Å²) < 4.78 is 24.1. The quantitative estimate of drug-likeness (QED) is 0.357. The molecule has 5 nitrogen and oxygen atoms in total. The van der Waals surface area contributed by atoms with E-state index in [1.54, 1.807) is 0 Å². The van der Waals surface area contributed by atoms with Gasteiger partial charge in [-0.2, -0.15) is 0 Å². The van der Waals surface area contributed by atoms with Crippen molar-refractivity contribution in [3.05, 3.63) is 0 Å². The second-order valence-corrected chi connectivity index (χ2v) is 7.80. The molecule has 0 rings (SSSR count). The maximum atomic E-state index is 6.33. The lowest BCUT2D eigenvalue weighted by atomic mass is 9.91. The van der Waals surface area contributed by atoms with Crippen molar-refractivity contribution in [2.24, 2.45) is 11.1 Å². The van der Waals surface area contributed by atoms with Gasteiger partial charge in [0.25, 0.3) is 0 Å². The molecule has 0 saturated heterocycles. The highest BCUT2D eigenvalue weighted by molar-refractivity contribution is 4.81. The van der Waals surface area contributed by atoms with Crippen LogP contribution in [0.4, 0.5) is 0 Å². The molecule has 0 aromatic heterocycles. The fraction of sp³-hybridized carbons (Fsp3) is 1.00. The molecule has 5 heteroatoms. The lowest BCUT2D eigenvalue weighted by molar-refractivity contribution is -0.136. The Hall–Kier alpha value is -0.200.